The Balaban J connectivity index is 2.54. The average molecular weight is 251 g/mol. The molecule has 0 fully saturated rings. The first kappa shape index (κ1) is 13.2. The minimum Gasteiger partial charge on any atom is -0.496 e. The Hall–Kier alpha value is -2.27. The van der Waals surface area contributed by atoms with Gasteiger partial charge in [-0.2, -0.15) is 5.26 Å². The molecule has 2 heteroatoms. The van der Waals surface area contributed by atoms with Gasteiger partial charge in [-0.1, -0.05) is 29.8 Å². The van der Waals surface area contributed by atoms with E-state index in [1.54, 1.807) is 7.11 Å². The predicted octanol–water partition coefficient (Wildman–Crippen LogP) is 4.05. The highest BCUT2D eigenvalue weighted by atomic mass is 16.5. The van der Waals surface area contributed by atoms with Crippen molar-refractivity contribution in [1.29, 1.82) is 5.26 Å². The van der Waals surface area contributed by atoms with E-state index < -0.39 is 0 Å². The summed E-state index contributed by atoms with van der Waals surface area (Å²) >= 11 is 0. The van der Waals surface area contributed by atoms with Crippen LogP contribution < -0.4 is 4.74 Å². The van der Waals surface area contributed by atoms with Crippen LogP contribution in [0.25, 0.3) is 11.1 Å². The molecule has 0 aliphatic heterocycles. The Morgan fingerprint density at radius 1 is 1.11 bits per heavy atom. The van der Waals surface area contributed by atoms with Crippen molar-refractivity contribution in [1.82, 2.24) is 0 Å². The smallest absolute Gasteiger partial charge is 0.123 e. The van der Waals surface area contributed by atoms with Gasteiger partial charge in [0.05, 0.1) is 19.6 Å². The largest absolute Gasteiger partial charge is 0.496 e. The van der Waals surface area contributed by atoms with Gasteiger partial charge >= 0.3 is 0 Å². The number of nitriles is 1. The number of hydrogen-bond donors (Lipinski definition) is 0. The van der Waals surface area contributed by atoms with Gasteiger partial charge in [0, 0.05) is 5.56 Å². The van der Waals surface area contributed by atoms with Crippen LogP contribution in [0, 0.1) is 25.2 Å². The molecule has 2 nitrogen and oxygen atoms in total. The van der Waals surface area contributed by atoms with Gasteiger partial charge in [-0.3, -0.25) is 0 Å². The maximum absolute atomic E-state index is 8.89. The van der Waals surface area contributed by atoms with E-state index in [1.165, 1.54) is 16.7 Å². The molecule has 0 spiro atoms. The zero-order valence-electron chi connectivity index (χ0n) is 11.5. The fraction of sp³-hybridized carbons (Fsp3) is 0.235. The molecule has 0 amide bonds. The maximum atomic E-state index is 8.89. The van der Waals surface area contributed by atoms with Crippen LogP contribution in [0.15, 0.2) is 36.4 Å². The Morgan fingerprint density at radius 2 is 1.89 bits per heavy atom. The van der Waals surface area contributed by atoms with Crippen molar-refractivity contribution in [3.05, 3.63) is 53.1 Å². The van der Waals surface area contributed by atoms with Gasteiger partial charge in [-0.25, -0.2) is 0 Å². The third kappa shape index (κ3) is 2.77. The van der Waals surface area contributed by atoms with Crippen LogP contribution in [0.1, 0.15) is 16.7 Å². The molecule has 0 N–H and O–H groups in total. The molecule has 0 bridgehead atoms. The Bertz CT molecular complexity index is 638. The van der Waals surface area contributed by atoms with Crippen molar-refractivity contribution < 1.29 is 4.74 Å². The minimum atomic E-state index is 0.363. The summed E-state index contributed by atoms with van der Waals surface area (Å²) in [7, 11) is 1.63. The molecule has 19 heavy (non-hydrogen) atoms. The van der Waals surface area contributed by atoms with E-state index in [-0.39, 0.29) is 0 Å². The van der Waals surface area contributed by atoms with Crippen LogP contribution in [0.5, 0.6) is 5.75 Å². The Kier molecular flexibility index (Phi) is 3.87. The molecule has 2 rings (SSSR count). The summed E-state index contributed by atoms with van der Waals surface area (Å²) < 4.78 is 5.29. The number of benzene rings is 2. The summed E-state index contributed by atoms with van der Waals surface area (Å²) in [5.41, 5.74) is 5.74. The van der Waals surface area contributed by atoms with E-state index in [1.807, 2.05) is 18.2 Å². The van der Waals surface area contributed by atoms with Crippen LogP contribution in [-0.2, 0) is 6.42 Å². The standard InChI is InChI=1S/C17H17NO/c1-12-4-5-13(2)16(10-12)14-6-7-17(19-3)15(11-14)8-9-18/h4-7,10-11H,8H2,1-3H3. The lowest BCUT2D eigenvalue weighted by Crippen LogP contribution is -1.93. The number of nitrogens with zero attached hydrogens (tertiary/aromatic N) is 1. The first-order chi connectivity index (χ1) is 9.15. The summed E-state index contributed by atoms with van der Waals surface area (Å²) in [6, 6.07) is 14.6. The molecule has 0 heterocycles. The molecule has 2 aromatic carbocycles. The van der Waals surface area contributed by atoms with Crippen molar-refractivity contribution in [3.8, 4) is 22.9 Å². The van der Waals surface area contributed by atoms with E-state index in [2.05, 4.69) is 38.1 Å². The quantitative estimate of drug-likeness (QED) is 0.824. The Morgan fingerprint density at radius 3 is 2.58 bits per heavy atom. The summed E-state index contributed by atoms with van der Waals surface area (Å²) in [6.07, 6.45) is 0.363. The molecule has 0 atom stereocenters. The molecule has 0 aromatic heterocycles. The summed E-state index contributed by atoms with van der Waals surface area (Å²) in [4.78, 5) is 0. The lowest BCUT2D eigenvalue weighted by atomic mass is 9.96. The topological polar surface area (TPSA) is 33.0 Å². The zero-order chi connectivity index (χ0) is 13.8. The van der Waals surface area contributed by atoms with Gasteiger partial charge in [0.15, 0.2) is 0 Å². The van der Waals surface area contributed by atoms with Crippen molar-refractivity contribution >= 4 is 0 Å². The van der Waals surface area contributed by atoms with Crippen molar-refractivity contribution in [2.45, 2.75) is 20.3 Å². The lowest BCUT2D eigenvalue weighted by molar-refractivity contribution is 0.411. The molecular weight excluding hydrogens is 234 g/mol. The number of hydrogen-bond acceptors (Lipinski definition) is 2. The second-order valence-corrected chi connectivity index (χ2v) is 4.68. The van der Waals surface area contributed by atoms with Crippen LogP contribution in [0.4, 0.5) is 0 Å². The van der Waals surface area contributed by atoms with E-state index in [0.29, 0.717) is 6.42 Å². The highest BCUT2D eigenvalue weighted by Crippen LogP contribution is 2.29. The summed E-state index contributed by atoms with van der Waals surface area (Å²) in [5.74, 6) is 0.774. The minimum absolute atomic E-state index is 0.363. The molecule has 0 aliphatic carbocycles. The van der Waals surface area contributed by atoms with Crippen molar-refractivity contribution in [2.75, 3.05) is 7.11 Å². The van der Waals surface area contributed by atoms with E-state index in [4.69, 9.17) is 10.00 Å². The van der Waals surface area contributed by atoms with Gasteiger partial charge in [-0.15, -0.1) is 0 Å². The second-order valence-electron chi connectivity index (χ2n) is 4.68. The summed E-state index contributed by atoms with van der Waals surface area (Å²) in [6.45, 7) is 4.19. The third-order valence-corrected chi connectivity index (χ3v) is 3.25. The molecule has 96 valence electrons. The van der Waals surface area contributed by atoms with E-state index >= 15 is 0 Å². The van der Waals surface area contributed by atoms with Gasteiger partial charge in [-0.05, 0) is 42.7 Å². The zero-order valence-corrected chi connectivity index (χ0v) is 11.5. The van der Waals surface area contributed by atoms with Gasteiger partial charge in [0.2, 0.25) is 0 Å². The van der Waals surface area contributed by atoms with E-state index in [9.17, 15) is 0 Å². The molecule has 0 saturated heterocycles. The van der Waals surface area contributed by atoms with Gasteiger partial charge in [0.1, 0.15) is 5.75 Å². The van der Waals surface area contributed by atoms with Crippen LogP contribution in [0.2, 0.25) is 0 Å². The second kappa shape index (κ2) is 5.58. The maximum Gasteiger partial charge on any atom is 0.123 e. The fourth-order valence-corrected chi connectivity index (χ4v) is 2.22. The van der Waals surface area contributed by atoms with Crippen LogP contribution in [-0.4, -0.2) is 7.11 Å². The van der Waals surface area contributed by atoms with Crippen LogP contribution >= 0.6 is 0 Å². The predicted molar refractivity (Wildman–Crippen MR) is 77.2 cm³/mol. The van der Waals surface area contributed by atoms with Crippen molar-refractivity contribution in [2.24, 2.45) is 0 Å². The molecule has 2 aromatic rings. The highest BCUT2D eigenvalue weighted by Gasteiger charge is 2.07. The van der Waals surface area contributed by atoms with Crippen LogP contribution in [0.3, 0.4) is 0 Å². The highest BCUT2D eigenvalue weighted by molar-refractivity contribution is 5.69. The molecule has 0 unspecified atom stereocenters. The van der Waals surface area contributed by atoms with E-state index in [0.717, 1.165) is 16.9 Å². The number of aryl methyl sites for hydroxylation is 2. The number of methoxy groups -OCH3 is 1. The normalized spacial score (nSPS) is 10.0. The third-order valence-electron chi connectivity index (χ3n) is 3.25. The molecule has 0 radical (unpaired) electrons. The number of rotatable bonds is 3. The average Bonchev–Trinajstić information content (AvgIpc) is 2.42. The van der Waals surface area contributed by atoms with Crippen molar-refractivity contribution in [3.63, 3.8) is 0 Å². The summed E-state index contributed by atoms with van der Waals surface area (Å²) in [5, 5.41) is 8.89. The van der Waals surface area contributed by atoms with Gasteiger partial charge in [0.25, 0.3) is 0 Å². The molecule has 0 saturated carbocycles. The Labute approximate surface area is 114 Å². The molecule has 0 aliphatic rings. The SMILES string of the molecule is COc1ccc(-c2cc(C)ccc2C)cc1CC#N. The fourth-order valence-electron chi connectivity index (χ4n) is 2.22. The number of ether oxygens (including phenoxy) is 1. The molecular formula is C17H17NO. The first-order valence-corrected chi connectivity index (χ1v) is 6.27. The lowest BCUT2D eigenvalue weighted by Gasteiger charge is -2.11. The first-order valence-electron chi connectivity index (χ1n) is 6.27. The monoisotopic (exact) mass is 251 g/mol. The van der Waals surface area contributed by atoms with Gasteiger partial charge < -0.3 is 4.74 Å².